The summed E-state index contributed by atoms with van der Waals surface area (Å²) in [4.78, 5) is 30.8. The van der Waals surface area contributed by atoms with Crippen LogP contribution in [0.2, 0.25) is 0 Å². The first-order chi connectivity index (χ1) is 25.9. The first-order valence-electron chi connectivity index (χ1n) is 18.3. The Kier molecular flexibility index (Phi) is 10.5. The predicted molar refractivity (Wildman–Crippen MR) is 219 cm³/mol. The lowest BCUT2D eigenvalue weighted by Crippen LogP contribution is -2.31. The number of aromatic nitrogens is 6. The molecular weight excluding hydrogens is 669 g/mol. The summed E-state index contributed by atoms with van der Waals surface area (Å²) in [7, 11) is 0. The summed E-state index contributed by atoms with van der Waals surface area (Å²) in [5, 5.41) is 2.06. The standard InChI is InChI=1S/C46H44N6S/c1-6-9-17-32(4)39-47-40(33-18-12-10-13-19-33)49-41(48-39)35-23-25-36(26-24-35)46(7-2,8-3)37-27-29-45(5,30-28-37)44-51-42(34-20-14-11-15-21-34)50-43(52-44)38-22-16-31-53-38/h6,9-29,31H,7-8,30H2,1-5H3/b9-6-,32-17+. The normalized spacial score (nSPS) is 16.2. The molecule has 3 heterocycles. The van der Waals surface area contributed by atoms with Gasteiger partial charge < -0.3 is 0 Å². The van der Waals surface area contributed by atoms with Crippen molar-refractivity contribution in [2.45, 2.75) is 64.7 Å². The molecule has 3 aromatic heterocycles. The molecule has 6 nitrogen and oxygen atoms in total. The van der Waals surface area contributed by atoms with Crippen LogP contribution in [0.4, 0.5) is 0 Å². The number of hydrogen-bond donors (Lipinski definition) is 0. The van der Waals surface area contributed by atoms with Crippen molar-refractivity contribution in [2.75, 3.05) is 0 Å². The maximum absolute atomic E-state index is 5.07. The molecule has 1 aliphatic carbocycles. The van der Waals surface area contributed by atoms with Crippen molar-refractivity contribution < 1.29 is 0 Å². The summed E-state index contributed by atoms with van der Waals surface area (Å²) in [5.41, 5.74) is 5.95. The van der Waals surface area contributed by atoms with Crippen LogP contribution in [0.25, 0.3) is 50.4 Å². The summed E-state index contributed by atoms with van der Waals surface area (Å²) in [6.07, 6.45) is 15.8. The van der Waals surface area contributed by atoms with Gasteiger partial charge in [-0.2, -0.15) is 0 Å². The van der Waals surface area contributed by atoms with Crippen molar-refractivity contribution in [3.63, 3.8) is 0 Å². The zero-order valence-electron chi connectivity index (χ0n) is 31.0. The van der Waals surface area contributed by atoms with Crippen molar-refractivity contribution >= 4 is 16.9 Å². The van der Waals surface area contributed by atoms with Gasteiger partial charge in [0.1, 0.15) is 5.82 Å². The average molecular weight is 713 g/mol. The van der Waals surface area contributed by atoms with Gasteiger partial charge in [-0.3, -0.25) is 0 Å². The quantitative estimate of drug-likeness (QED) is 0.124. The number of thiophene rings is 1. The van der Waals surface area contributed by atoms with E-state index < -0.39 is 0 Å². The molecule has 0 radical (unpaired) electrons. The van der Waals surface area contributed by atoms with E-state index in [2.05, 4.69) is 86.8 Å². The van der Waals surface area contributed by atoms with Gasteiger partial charge in [0.05, 0.1) is 4.88 Å². The second-order valence-electron chi connectivity index (χ2n) is 13.7. The van der Waals surface area contributed by atoms with Crippen LogP contribution in [0.15, 0.2) is 144 Å². The largest absolute Gasteiger partial charge is 0.212 e. The molecular formula is C46H44N6S. The number of rotatable bonds is 11. The lowest BCUT2D eigenvalue weighted by molar-refractivity contribution is 0.462. The van der Waals surface area contributed by atoms with Crippen molar-refractivity contribution in [3.8, 4) is 44.9 Å². The molecule has 264 valence electrons. The minimum absolute atomic E-state index is 0.155. The highest BCUT2D eigenvalue weighted by Gasteiger charge is 2.37. The topological polar surface area (TPSA) is 77.3 Å². The van der Waals surface area contributed by atoms with E-state index in [1.807, 2.05) is 86.7 Å². The summed E-state index contributed by atoms with van der Waals surface area (Å²) in [6.45, 7) is 10.8. The van der Waals surface area contributed by atoms with Gasteiger partial charge in [0.25, 0.3) is 0 Å². The Hall–Kier alpha value is -5.66. The smallest absolute Gasteiger partial charge is 0.173 e. The number of allylic oxidation sites excluding steroid dienone is 8. The minimum Gasteiger partial charge on any atom is -0.212 e. The van der Waals surface area contributed by atoms with Crippen LogP contribution in [-0.2, 0) is 10.8 Å². The van der Waals surface area contributed by atoms with Crippen LogP contribution in [0, 0.1) is 0 Å². The molecule has 7 heteroatoms. The fourth-order valence-electron chi connectivity index (χ4n) is 7.00. The van der Waals surface area contributed by atoms with Crippen LogP contribution in [0.1, 0.15) is 71.1 Å². The Bertz CT molecular complexity index is 2300. The summed E-state index contributed by atoms with van der Waals surface area (Å²) < 4.78 is 0. The van der Waals surface area contributed by atoms with Crippen LogP contribution >= 0.6 is 11.3 Å². The van der Waals surface area contributed by atoms with E-state index in [-0.39, 0.29) is 10.8 Å². The molecule has 0 bridgehead atoms. The fourth-order valence-corrected chi connectivity index (χ4v) is 7.66. The van der Waals surface area contributed by atoms with E-state index in [9.17, 15) is 0 Å². The van der Waals surface area contributed by atoms with Gasteiger partial charge in [-0.25, -0.2) is 29.9 Å². The monoisotopic (exact) mass is 712 g/mol. The maximum atomic E-state index is 5.07. The van der Waals surface area contributed by atoms with E-state index in [1.54, 1.807) is 11.3 Å². The van der Waals surface area contributed by atoms with Gasteiger partial charge in [0.2, 0.25) is 0 Å². The zero-order chi connectivity index (χ0) is 36.8. The molecule has 0 saturated heterocycles. The highest BCUT2D eigenvalue weighted by Crippen LogP contribution is 2.44. The highest BCUT2D eigenvalue weighted by atomic mass is 32.1. The SMILES string of the molecule is C/C=C\C=C(/C)c1nc(-c2ccccc2)nc(-c2ccc(C(CC)(CC)C3=CCC(C)(c4nc(-c5ccccc5)nc(-c5cccs5)n4)C=C3)cc2)n1. The highest BCUT2D eigenvalue weighted by molar-refractivity contribution is 7.13. The van der Waals surface area contributed by atoms with Gasteiger partial charge in [-0.1, -0.05) is 141 Å². The minimum atomic E-state index is -0.384. The first kappa shape index (κ1) is 35.7. The first-order valence-corrected chi connectivity index (χ1v) is 19.2. The van der Waals surface area contributed by atoms with Gasteiger partial charge in [0, 0.05) is 27.5 Å². The summed E-state index contributed by atoms with van der Waals surface area (Å²) in [6, 6.07) is 33.2. The van der Waals surface area contributed by atoms with Crippen molar-refractivity contribution in [2.24, 2.45) is 0 Å². The molecule has 0 fully saturated rings. The third kappa shape index (κ3) is 7.35. The second-order valence-corrected chi connectivity index (χ2v) is 14.6. The van der Waals surface area contributed by atoms with Gasteiger partial charge >= 0.3 is 0 Å². The van der Waals surface area contributed by atoms with E-state index >= 15 is 0 Å². The van der Waals surface area contributed by atoms with E-state index in [0.717, 1.165) is 58.1 Å². The van der Waals surface area contributed by atoms with E-state index in [0.29, 0.717) is 23.3 Å². The summed E-state index contributed by atoms with van der Waals surface area (Å²) in [5.74, 6) is 4.20. The van der Waals surface area contributed by atoms with Gasteiger partial charge in [-0.05, 0) is 68.2 Å². The predicted octanol–water partition coefficient (Wildman–Crippen LogP) is 11.7. The molecule has 0 N–H and O–H groups in total. The second kappa shape index (κ2) is 15.5. The lowest BCUT2D eigenvalue weighted by Gasteiger charge is -2.37. The maximum Gasteiger partial charge on any atom is 0.173 e. The molecule has 7 rings (SSSR count). The molecule has 0 aliphatic heterocycles. The molecule has 3 aromatic carbocycles. The lowest BCUT2D eigenvalue weighted by atomic mass is 9.66. The van der Waals surface area contributed by atoms with Crippen LogP contribution in [0.3, 0.4) is 0 Å². The number of benzene rings is 3. The molecule has 53 heavy (non-hydrogen) atoms. The molecule has 6 aromatic rings. The Balaban J connectivity index is 1.21. The van der Waals surface area contributed by atoms with Crippen molar-refractivity contribution in [3.05, 3.63) is 162 Å². The zero-order valence-corrected chi connectivity index (χ0v) is 31.8. The molecule has 1 unspecified atom stereocenters. The van der Waals surface area contributed by atoms with E-state index in [1.165, 1.54) is 11.1 Å². The Labute approximate surface area is 316 Å². The van der Waals surface area contributed by atoms with E-state index in [4.69, 9.17) is 29.9 Å². The van der Waals surface area contributed by atoms with Crippen molar-refractivity contribution in [1.29, 1.82) is 0 Å². The molecule has 1 atom stereocenters. The van der Waals surface area contributed by atoms with Gasteiger partial charge in [0.15, 0.2) is 29.1 Å². The summed E-state index contributed by atoms with van der Waals surface area (Å²) >= 11 is 1.65. The van der Waals surface area contributed by atoms with Crippen molar-refractivity contribution in [1.82, 2.24) is 29.9 Å². The van der Waals surface area contributed by atoms with Crippen LogP contribution in [0.5, 0.6) is 0 Å². The average Bonchev–Trinajstić information content (AvgIpc) is 3.77. The molecule has 0 amide bonds. The molecule has 0 spiro atoms. The molecule has 1 aliphatic rings. The Morgan fingerprint density at radius 2 is 1.30 bits per heavy atom. The third-order valence-corrected chi connectivity index (χ3v) is 11.2. The Morgan fingerprint density at radius 1 is 0.717 bits per heavy atom. The third-order valence-electron chi connectivity index (χ3n) is 10.3. The van der Waals surface area contributed by atoms with Crippen LogP contribution < -0.4 is 0 Å². The fraction of sp³-hybridized carbons (Fsp3) is 0.217. The van der Waals surface area contributed by atoms with Gasteiger partial charge in [-0.15, -0.1) is 11.3 Å². The number of hydrogen-bond acceptors (Lipinski definition) is 7. The number of nitrogens with zero attached hydrogens (tertiary/aromatic N) is 6. The Morgan fingerprint density at radius 3 is 1.85 bits per heavy atom. The van der Waals surface area contributed by atoms with Crippen LogP contribution in [-0.4, -0.2) is 29.9 Å². The molecule has 0 saturated carbocycles.